The Balaban J connectivity index is 2.37. The van der Waals surface area contributed by atoms with Crippen molar-refractivity contribution in [2.75, 3.05) is 12.4 Å². The van der Waals surface area contributed by atoms with Crippen molar-refractivity contribution in [2.24, 2.45) is 0 Å². The molecule has 1 aromatic heterocycles. The lowest BCUT2D eigenvalue weighted by molar-refractivity contribution is 0.295. The summed E-state index contributed by atoms with van der Waals surface area (Å²) in [7, 11) is -3.29. The quantitative estimate of drug-likeness (QED) is 0.584. The molecule has 0 amide bonds. The summed E-state index contributed by atoms with van der Waals surface area (Å²) < 4.78 is 24.8. The third-order valence-electron chi connectivity index (χ3n) is 1.59. The van der Waals surface area contributed by atoms with Gasteiger partial charge in [0.05, 0.1) is 12.3 Å². The van der Waals surface area contributed by atoms with Crippen LogP contribution in [0.1, 0.15) is 12.2 Å². The van der Waals surface area contributed by atoms with E-state index < -0.39 is 10.0 Å². The monoisotopic (exact) mass is 219 g/mol. The van der Waals surface area contributed by atoms with E-state index in [9.17, 15) is 8.42 Å². The second-order valence-electron chi connectivity index (χ2n) is 2.75. The molecule has 0 aliphatic carbocycles. The highest BCUT2D eigenvalue weighted by Crippen LogP contribution is 1.92. The average molecular weight is 219 g/mol. The molecule has 14 heavy (non-hydrogen) atoms. The number of H-pyrrole nitrogens is 1. The van der Waals surface area contributed by atoms with Crippen LogP contribution in [0.4, 0.5) is 0 Å². The minimum absolute atomic E-state index is 0.0653. The Kier molecular flexibility index (Phi) is 4.05. The van der Waals surface area contributed by atoms with Gasteiger partial charge in [0.25, 0.3) is 0 Å². The van der Waals surface area contributed by atoms with E-state index in [2.05, 4.69) is 14.7 Å². The lowest BCUT2D eigenvalue weighted by Crippen LogP contribution is -2.26. The Hall–Kier alpha value is -0.920. The molecule has 1 heterocycles. The number of nitrogens with one attached hydrogen (secondary N) is 2. The van der Waals surface area contributed by atoms with Crippen LogP contribution >= 0.6 is 0 Å². The van der Waals surface area contributed by atoms with Crippen molar-refractivity contribution >= 4 is 10.0 Å². The van der Waals surface area contributed by atoms with Gasteiger partial charge in [-0.15, -0.1) is 0 Å². The third kappa shape index (κ3) is 3.86. The molecule has 0 aliphatic rings. The molecular formula is C7H13N3O3S. The zero-order valence-electron chi connectivity index (χ0n) is 7.60. The first kappa shape index (κ1) is 11.2. The van der Waals surface area contributed by atoms with Crippen LogP contribution < -0.4 is 4.72 Å². The standard InChI is InChI=1S/C7H13N3O3S/c11-4-1-5-14(12,13)10-6-7-8-2-3-9-7/h2-3,10-11H,1,4-6H2,(H,8,9). The molecule has 1 aromatic rings. The van der Waals surface area contributed by atoms with Crippen LogP contribution in [0.25, 0.3) is 0 Å². The predicted octanol–water partition coefficient (Wildman–Crippen LogP) is -0.788. The van der Waals surface area contributed by atoms with E-state index in [1.54, 1.807) is 12.4 Å². The highest BCUT2D eigenvalue weighted by Gasteiger charge is 2.09. The fraction of sp³-hybridized carbons (Fsp3) is 0.571. The van der Waals surface area contributed by atoms with Crippen LogP contribution in [0.3, 0.4) is 0 Å². The molecule has 0 aliphatic heterocycles. The maximum absolute atomic E-state index is 11.2. The van der Waals surface area contributed by atoms with Gasteiger partial charge in [-0.3, -0.25) is 0 Å². The fourth-order valence-corrected chi connectivity index (χ4v) is 1.91. The molecule has 3 N–H and O–H groups in total. The van der Waals surface area contributed by atoms with E-state index in [1.165, 1.54) is 0 Å². The first-order chi connectivity index (χ1) is 6.64. The van der Waals surface area contributed by atoms with Crippen LogP contribution in [0.5, 0.6) is 0 Å². The van der Waals surface area contributed by atoms with E-state index in [-0.39, 0.29) is 25.3 Å². The molecule has 0 unspecified atom stereocenters. The van der Waals surface area contributed by atoms with Gasteiger partial charge in [0, 0.05) is 19.0 Å². The van der Waals surface area contributed by atoms with Crippen molar-refractivity contribution in [1.82, 2.24) is 14.7 Å². The van der Waals surface area contributed by atoms with Gasteiger partial charge in [0.15, 0.2) is 0 Å². The summed E-state index contributed by atoms with van der Waals surface area (Å²) in [6, 6.07) is 0. The molecule has 6 nitrogen and oxygen atoms in total. The van der Waals surface area contributed by atoms with Gasteiger partial charge < -0.3 is 10.1 Å². The highest BCUT2D eigenvalue weighted by atomic mass is 32.2. The fourth-order valence-electron chi connectivity index (χ4n) is 0.900. The zero-order valence-corrected chi connectivity index (χ0v) is 8.42. The minimum Gasteiger partial charge on any atom is -0.396 e. The van der Waals surface area contributed by atoms with Gasteiger partial charge in [-0.25, -0.2) is 18.1 Å². The summed E-state index contributed by atoms with van der Waals surface area (Å²) in [5.74, 6) is 0.502. The first-order valence-corrected chi connectivity index (χ1v) is 5.86. The van der Waals surface area contributed by atoms with Crippen molar-refractivity contribution in [3.63, 3.8) is 0 Å². The van der Waals surface area contributed by atoms with Crippen molar-refractivity contribution in [2.45, 2.75) is 13.0 Å². The van der Waals surface area contributed by atoms with Gasteiger partial charge in [-0.1, -0.05) is 0 Å². The van der Waals surface area contributed by atoms with Gasteiger partial charge in [0.2, 0.25) is 10.0 Å². The number of nitrogens with zero attached hydrogens (tertiary/aromatic N) is 1. The largest absolute Gasteiger partial charge is 0.396 e. The van der Waals surface area contributed by atoms with E-state index in [0.29, 0.717) is 5.82 Å². The number of aromatic nitrogens is 2. The Morgan fingerprint density at radius 3 is 2.93 bits per heavy atom. The highest BCUT2D eigenvalue weighted by molar-refractivity contribution is 7.89. The van der Waals surface area contributed by atoms with Crippen LogP contribution in [0, 0.1) is 0 Å². The number of rotatable bonds is 6. The number of aromatic amines is 1. The molecular weight excluding hydrogens is 206 g/mol. The van der Waals surface area contributed by atoms with E-state index in [4.69, 9.17) is 5.11 Å². The molecule has 0 spiro atoms. The topological polar surface area (TPSA) is 95.1 Å². The Bertz CT molecular complexity index is 346. The molecule has 7 heteroatoms. The average Bonchev–Trinajstić information content (AvgIpc) is 2.64. The summed E-state index contributed by atoms with van der Waals surface area (Å²) in [5.41, 5.74) is 0. The molecule has 0 radical (unpaired) electrons. The van der Waals surface area contributed by atoms with Gasteiger partial charge >= 0.3 is 0 Å². The molecule has 0 atom stereocenters. The van der Waals surface area contributed by atoms with E-state index >= 15 is 0 Å². The molecule has 0 saturated carbocycles. The van der Waals surface area contributed by atoms with Crippen LogP contribution in [0.2, 0.25) is 0 Å². The summed E-state index contributed by atoms with van der Waals surface area (Å²) >= 11 is 0. The number of sulfonamides is 1. The maximum atomic E-state index is 11.2. The molecule has 1 rings (SSSR count). The van der Waals surface area contributed by atoms with E-state index in [1.807, 2.05) is 0 Å². The maximum Gasteiger partial charge on any atom is 0.212 e. The van der Waals surface area contributed by atoms with Crippen LogP contribution in [-0.2, 0) is 16.6 Å². The second-order valence-corrected chi connectivity index (χ2v) is 4.68. The molecule has 0 saturated heterocycles. The summed E-state index contributed by atoms with van der Waals surface area (Å²) in [6.45, 7) is 0.0302. The summed E-state index contributed by atoms with van der Waals surface area (Å²) in [5, 5.41) is 8.47. The number of hydrogen-bond acceptors (Lipinski definition) is 4. The Morgan fingerprint density at radius 2 is 2.36 bits per heavy atom. The Labute approximate surface area is 82.4 Å². The number of hydrogen-bond donors (Lipinski definition) is 3. The van der Waals surface area contributed by atoms with Gasteiger partial charge in [0.1, 0.15) is 5.82 Å². The third-order valence-corrected chi connectivity index (χ3v) is 3.00. The lowest BCUT2D eigenvalue weighted by Gasteiger charge is -2.03. The summed E-state index contributed by atoms with van der Waals surface area (Å²) in [6.07, 6.45) is 3.42. The zero-order chi connectivity index (χ0) is 10.4. The lowest BCUT2D eigenvalue weighted by atomic mass is 10.5. The van der Waals surface area contributed by atoms with Crippen molar-refractivity contribution in [3.8, 4) is 0 Å². The molecule has 0 bridgehead atoms. The predicted molar refractivity (Wildman–Crippen MR) is 50.9 cm³/mol. The van der Waals surface area contributed by atoms with E-state index in [0.717, 1.165) is 0 Å². The normalized spacial score (nSPS) is 11.8. The number of aliphatic hydroxyl groups excluding tert-OH is 1. The Morgan fingerprint density at radius 1 is 1.57 bits per heavy atom. The van der Waals surface area contributed by atoms with Gasteiger partial charge in [-0.2, -0.15) is 0 Å². The van der Waals surface area contributed by atoms with Crippen molar-refractivity contribution < 1.29 is 13.5 Å². The molecule has 80 valence electrons. The van der Waals surface area contributed by atoms with Crippen molar-refractivity contribution in [3.05, 3.63) is 18.2 Å². The van der Waals surface area contributed by atoms with Crippen molar-refractivity contribution in [1.29, 1.82) is 0 Å². The molecule has 0 fully saturated rings. The SMILES string of the molecule is O=S(=O)(CCCO)NCc1ncc[nH]1. The first-order valence-electron chi connectivity index (χ1n) is 4.20. The molecule has 0 aromatic carbocycles. The number of aliphatic hydroxyl groups is 1. The minimum atomic E-state index is -3.29. The van der Waals surface area contributed by atoms with Crippen LogP contribution in [0.15, 0.2) is 12.4 Å². The van der Waals surface area contributed by atoms with Crippen LogP contribution in [-0.4, -0.2) is 35.9 Å². The smallest absolute Gasteiger partial charge is 0.212 e. The number of imidazole rings is 1. The van der Waals surface area contributed by atoms with Gasteiger partial charge in [-0.05, 0) is 6.42 Å². The summed E-state index contributed by atoms with van der Waals surface area (Å²) in [4.78, 5) is 6.65. The second kappa shape index (κ2) is 5.08.